The normalized spacial score (nSPS) is 35.6. The molecular weight excluding hydrogens is 254 g/mol. The van der Waals surface area contributed by atoms with E-state index in [0.717, 1.165) is 0 Å². The Bertz CT molecular complexity index is 469. The highest BCUT2D eigenvalue weighted by Crippen LogP contribution is 2.24. The Kier molecular flexibility index (Phi) is 3.02. The molecule has 0 amide bonds. The van der Waals surface area contributed by atoms with Crippen molar-refractivity contribution in [2.45, 2.75) is 24.2 Å². The summed E-state index contributed by atoms with van der Waals surface area (Å²) in [6.45, 7) is 0.388. The van der Waals surface area contributed by atoms with Gasteiger partial charge in [-0.15, -0.1) is 0 Å². The van der Waals surface area contributed by atoms with Gasteiger partial charge < -0.3 is 5.11 Å². The van der Waals surface area contributed by atoms with Crippen LogP contribution in [0.1, 0.15) is 12.8 Å². The quantitative estimate of drug-likeness (QED) is 0.663. The maximum absolute atomic E-state index is 12.0. The zero-order chi connectivity index (χ0) is 12.0. The van der Waals surface area contributed by atoms with E-state index in [1.807, 2.05) is 0 Å². The second kappa shape index (κ2) is 3.94. The third kappa shape index (κ3) is 2.24. The molecule has 0 radical (unpaired) electrons. The van der Waals surface area contributed by atoms with E-state index in [1.54, 1.807) is 0 Å². The predicted molar refractivity (Wildman–Crippen MR) is 58.2 cm³/mol. The number of sulfone groups is 1. The minimum Gasteiger partial charge on any atom is -0.392 e. The van der Waals surface area contributed by atoms with Crippen LogP contribution in [0, 0.1) is 0 Å². The molecule has 2 heterocycles. The van der Waals surface area contributed by atoms with Crippen molar-refractivity contribution in [1.29, 1.82) is 0 Å². The number of β-amino-alcohol motifs (C(OH)–C–C–N with tert-alkyl or cyclic N) is 1. The lowest BCUT2D eigenvalue weighted by Crippen LogP contribution is -2.38. The van der Waals surface area contributed by atoms with Gasteiger partial charge in [-0.05, 0) is 12.8 Å². The van der Waals surface area contributed by atoms with Gasteiger partial charge in [0.15, 0.2) is 9.84 Å². The molecule has 0 aromatic rings. The molecular formula is C8H15NO5S2. The summed E-state index contributed by atoms with van der Waals surface area (Å²) in [5.41, 5.74) is 0. The molecule has 2 fully saturated rings. The first-order valence-electron chi connectivity index (χ1n) is 5.19. The summed E-state index contributed by atoms with van der Waals surface area (Å²) < 4.78 is 47.7. The van der Waals surface area contributed by atoms with Crippen molar-refractivity contribution >= 4 is 19.9 Å². The third-order valence-corrected chi connectivity index (χ3v) is 7.37. The average molecular weight is 269 g/mol. The fourth-order valence-electron chi connectivity index (χ4n) is 2.15. The molecule has 0 aromatic heterocycles. The van der Waals surface area contributed by atoms with Crippen molar-refractivity contribution in [2.75, 3.05) is 24.6 Å². The van der Waals surface area contributed by atoms with E-state index in [1.165, 1.54) is 4.31 Å². The lowest BCUT2D eigenvalue weighted by Gasteiger charge is -2.19. The Labute approximate surface area is 95.2 Å². The van der Waals surface area contributed by atoms with Gasteiger partial charge in [0.1, 0.15) is 0 Å². The van der Waals surface area contributed by atoms with Crippen molar-refractivity contribution < 1.29 is 21.9 Å². The number of hydrogen-bond donors (Lipinski definition) is 1. The Morgan fingerprint density at radius 1 is 1.25 bits per heavy atom. The van der Waals surface area contributed by atoms with Crippen molar-refractivity contribution in [3.63, 3.8) is 0 Å². The molecule has 0 bridgehead atoms. The van der Waals surface area contributed by atoms with Gasteiger partial charge in [0, 0.05) is 13.1 Å². The highest BCUT2D eigenvalue weighted by molar-refractivity contribution is 7.95. The number of sulfonamides is 1. The van der Waals surface area contributed by atoms with Crippen LogP contribution in [0.4, 0.5) is 0 Å². The molecule has 0 aromatic carbocycles. The van der Waals surface area contributed by atoms with Crippen LogP contribution in [0.3, 0.4) is 0 Å². The largest absolute Gasteiger partial charge is 0.392 e. The Hall–Kier alpha value is -0.180. The van der Waals surface area contributed by atoms with E-state index in [2.05, 4.69) is 0 Å². The van der Waals surface area contributed by atoms with E-state index >= 15 is 0 Å². The molecule has 2 aliphatic heterocycles. The number of nitrogens with zero attached hydrogens (tertiary/aromatic N) is 1. The number of aliphatic hydroxyl groups is 1. The molecule has 1 N–H and O–H groups in total. The summed E-state index contributed by atoms with van der Waals surface area (Å²) in [6.07, 6.45) is -0.0107. The highest BCUT2D eigenvalue weighted by Gasteiger charge is 2.42. The molecule has 0 spiro atoms. The molecule has 0 aliphatic carbocycles. The van der Waals surface area contributed by atoms with Crippen molar-refractivity contribution in [3.8, 4) is 0 Å². The van der Waals surface area contributed by atoms with Gasteiger partial charge in [-0.3, -0.25) is 0 Å². The van der Waals surface area contributed by atoms with Crippen molar-refractivity contribution in [3.05, 3.63) is 0 Å². The first-order chi connectivity index (χ1) is 7.31. The predicted octanol–water partition coefficient (Wildman–Crippen LogP) is -1.43. The lowest BCUT2D eigenvalue weighted by molar-refractivity contribution is 0.189. The number of rotatable bonds is 2. The molecule has 8 heteroatoms. The van der Waals surface area contributed by atoms with E-state index in [-0.39, 0.29) is 24.5 Å². The standard InChI is InChI=1S/C8H15NO5S2/c10-7-1-3-9(5-7)16(13,14)8-2-4-15(11,12)6-8/h7-8,10H,1-6H2/t7-,8?/m0/s1. The summed E-state index contributed by atoms with van der Waals surface area (Å²) in [5.74, 6) is -0.324. The zero-order valence-electron chi connectivity index (χ0n) is 8.74. The van der Waals surface area contributed by atoms with Crippen LogP contribution in [0.25, 0.3) is 0 Å². The maximum Gasteiger partial charge on any atom is 0.218 e. The molecule has 16 heavy (non-hydrogen) atoms. The molecule has 2 saturated heterocycles. The van der Waals surface area contributed by atoms with Crippen LogP contribution in [0.5, 0.6) is 0 Å². The second-order valence-corrected chi connectivity index (χ2v) is 8.81. The Morgan fingerprint density at radius 3 is 2.38 bits per heavy atom. The number of aliphatic hydroxyl groups excluding tert-OH is 1. The van der Waals surface area contributed by atoms with Gasteiger partial charge in [-0.2, -0.15) is 4.31 Å². The van der Waals surface area contributed by atoms with E-state index in [4.69, 9.17) is 0 Å². The maximum atomic E-state index is 12.0. The fourth-order valence-corrected chi connectivity index (χ4v) is 6.73. The molecule has 2 atom stereocenters. The summed E-state index contributed by atoms with van der Waals surface area (Å²) >= 11 is 0. The van der Waals surface area contributed by atoms with Crippen LogP contribution in [0.15, 0.2) is 0 Å². The molecule has 2 rings (SSSR count). The summed E-state index contributed by atoms with van der Waals surface area (Å²) in [5, 5.41) is 8.47. The highest BCUT2D eigenvalue weighted by atomic mass is 32.2. The van der Waals surface area contributed by atoms with E-state index in [0.29, 0.717) is 13.0 Å². The van der Waals surface area contributed by atoms with Gasteiger partial charge in [-0.1, -0.05) is 0 Å². The summed E-state index contributed by atoms with van der Waals surface area (Å²) in [7, 11) is -6.74. The van der Waals surface area contributed by atoms with Crippen LogP contribution < -0.4 is 0 Å². The van der Waals surface area contributed by atoms with Crippen LogP contribution >= 0.6 is 0 Å². The average Bonchev–Trinajstić information content (AvgIpc) is 2.72. The van der Waals surface area contributed by atoms with Gasteiger partial charge in [0.05, 0.1) is 22.9 Å². The SMILES string of the molecule is O=S1(=O)CCC(S(=O)(=O)N2CC[C@H](O)C2)C1. The monoisotopic (exact) mass is 269 g/mol. The Balaban J connectivity index is 2.15. The van der Waals surface area contributed by atoms with Gasteiger partial charge in [-0.25, -0.2) is 16.8 Å². The summed E-state index contributed by atoms with van der Waals surface area (Å²) in [6, 6.07) is 0. The van der Waals surface area contributed by atoms with Crippen LogP contribution in [-0.2, 0) is 19.9 Å². The van der Waals surface area contributed by atoms with Crippen molar-refractivity contribution in [1.82, 2.24) is 4.31 Å². The van der Waals surface area contributed by atoms with E-state index in [9.17, 15) is 21.9 Å². The molecule has 2 aliphatic rings. The van der Waals surface area contributed by atoms with Gasteiger partial charge >= 0.3 is 0 Å². The smallest absolute Gasteiger partial charge is 0.218 e. The Morgan fingerprint density at radius 2 is 1.94 bits per heavy atom. The number of hydrogen-bond acceptors (Lipinski definition) is 5. The van der Waals surface area contributed by atoms with Gasteiger partial charge in [0.2, 0.25) is 10.0 Å². The zero-order valence-corrected chi connectivity index (χ0v) is 10.4. The van der Waals surface area contributed by atoms with Crippen LogP contribution in [0.2, 0.25) is 0 Å². The molecule has 1 unspecified atom stereocenters. The van der Waals surface area contributed by atoms with E-state index < -0.39 is 31.2 Å². The molecule has 6 nitrogen and oxygen atoms in total. The second-order valence-electron chi connectivity index (χ2n) is 4.37. The van der Waals surface area contributed by atoms with Crippen LogP contribution in [-0.4, -0.2) is 62.2 Å². The lowest BCUT2D eigenvalue weighted by atomic mass is 10.3. The molecule has 0 saturated carbocycles. The first-order valence-corrected chi connectivity index (χ1v) is 8.51. The minimum atomic E-state index is -3.55. The van der Waals surface area contributed by atoms with Crippen molar-refractivity contribution in [2.24, 2.45) is 0 Å². The minimum absolute atomic E-state index is 0.0483. The first kappa shape index (κ1) is 12.3. The fraction of sp³-hybridized carbons (Fsp3) is 1.00. The van der Waals surface area contributed by atoms with Gasteiger partial charge in [0.25, 0.3) is 0 Å². The summed E-state index contributed by atoms with van der Waals surface area (Å²) in [4.78, 5) is 0. The molecule has 94 valence electrons. The third-order valence-electron chi connectivity index (χ3n) is 3.10. The topological polar surface area (TPSA) is 91.8 Å².